The normalized spacial score (nSPS) is 30.5. The Balaban J connectivity index is 2.26. The predicted molar refractivity (Wildman–Crippen MR) is 86.4 cm³/mol. The van der Waals surface area contributed by atoms with Crippen LogP contribution in [0.3, 0.4) is 0 Å². The molecule has 2 atom stereocenters. The van der Waals surface area contributed by atoms with Crippen LogP contribution in [0.4, 0.5) is 0 Å². The highest BCUT2D eigenvalue weighted by atomic mass is 16.8. The van der Waals surface area contributed by atoms with Gasteiger partial charge < -0.3 is 9.47 Å². The first-order valence-corrected chi connectivity index (χ1v) is 7.97. The van der Waals surface area contributed by atoms with Crippen LogP contribution in [0.15, 0.2) is 12.1 Å². The lowest BCUT2D eigenvalue weighted by atomic mass is 9.59. The summed E-state index contributed by atoms with van der Waals surface area (Å²) in [6.45, 7) is 14.7. The summed E-state index contributed by atoms with van der Waals surface area (Å²) in [5.74, 6) is -0.575. The number of ether oxygens (including phenoxy) is 2. The number of carbonyl (C=O) groups is 1. The van der Waals surface area contributed by atoms with Crippen LogP contribution < -0.4 is 0 Å². The Morgan fingerprint density at radius 3 is 1.82 bits per heavy atom. The molecule has 3 rings (SSSR count). The zero-order valence-corrected chi connectivity index (χ0v) is 14.6. The second-order valence-electron chi connectivity index (χ2n) is 8.29. The molecule has 0 radical (unpaired) electrons. The van der Waals surface area contributed by atoms with Gasteiger partial charge in [-0.25, -0.2) is 0 Å². The smallest absolute Gasteiger partial charge is 0.163 e. The summed E-state index contributed by atoms with van der Waals surface area (Å²) in [5, 5.41) is 0. The highest BCUT2D eigenvalue weighted by Gasteiger charge is 2.59. The first-order chi connectivity index (χ1) is 10.0. The summed E-state index contributed by atoms with van der Waals surface area (Å²) in [4.78, 5) is 11.4. The molecule has 1 aromatic carbocycles. The number of hydrogen-bond donors (Lipinski definition) is 0. The molecular formula is C19H26O3. The Kier molecular flexibility index (Phi) is 3.16. The minimum atomic E-state index is -0.575. The largest absolute Gasteiger partial charge is 0.344 e. The first kappa shape index (κ1) is 15.7. The molecule has 0 amide bonds. The maximum Gasteiger partial charge on any atom is 0.163 e. The molecule has 0 aromatic heterocycles. The highest BCUT2D eigenvalue weighted by Crippen LogP contribution is 2.53. The third-order valence-corrected chi connectivity index (χ3v) is 5.44. The van der Waals surface area contributed by atoms with Crippen LogP contribution in [0.5, 0.6) is 0 Å². The van der Waals surface area contributed by atoms with E-state index in [1.807, 2.05) is 26.8 Å². The summed E-state index contributed by atoms with van der Waals surface area (Å²) in [7, 11) is 0. The van der Waals surface area contributed by atoms with Gasteiger partial charge in [0, 0.05) is 16.4 Å². The molecule has 1 fully saturated rings. The van der Waals surface area contributed by atoms with Gasteiger partial charge in [-0.1, -0.05) is 33.8 Å². The molecule has 120 valence electrons. The van der Waals surface area contributed by atoms with Gasteiger partial charge in [0.2, 0.25) is 0 Å². The topological polar surface area (TPSA) is 35.5 Å². The summed E-state index contributed by atoms with van der Waals surface area (Å²) >= 11 is 0. The van der Waals surface area contributed by atoms with E-state index in [-0.39, 0.29) is 23.0 Å². The summed E-state index contributed by atoms with van der Waals surface area (Å²) in [6, 6.07) is 4.20. The van der Waals surface area contributed by atoms with Gasteiger partial charge in [-0.05, 0) is 43.5 Å². The van der Waals surface area contributed by atoms with Crippen molar-refractivity contribution in [2.75, 3.05) is 0 Å². The Morgan fingerprint density at radius 1 is 0.909 bits per heavy atom. The van der Waals surface area contributed by atoms with Crippen molar-refractivity contribution in [3.63, 3.8) is 0 Å². The van der Waals surface area contributed by atoms with Crippen molar-refractivity contribution in [3.8, 4) is 0 Å². The minimum Gasteiger partial charge on any atom is -0.344 e. The molecule has 22 heavy (non-hydrogen) atoms. The monoisotopic (exact) mass is 302 g/mol. The van der Waals surface area contributed by atoms with E-state index in [1.165, 1.54) is 11.1 Å². The van der Waals surface area contributed by atoms with Crippen molar-refractivity contribution < 1.29 is 14.3 Å². The van der Waals surface area contributed by atoms with Crippen molar-refractivity contribution in [2.24, 2.45) is 0 Å². The predicted octanol–water partition coefficient (Wildman–Crippen LogP) is 3.90. The van der Waals surface area contributed by atoms with E-state index in [9.17, 15) is 4.79 Å². The second-order valence-corrected chi connectivity index (χ2v) is 8.29. The summed E-state index contributed by atoms with van der Waals surface area (Å²) in [5.41, 5.74) is 3.90. The van der Waals surface area contributed by atoms with Gasteiger partial charge in [-0.2, -0.15) is 0 Å². The van der Waals surface area contributed by atoms with Gasteiger partial charge in [-0.15, -0.1) is 0 Å². The molecule has 1 unspecified atom stereocenters. The van der Waals surface area contributed by atoms with Gasteiger partial charge >= 0.3 is 0 Å². The average Bonchev–Trinajstić information content (AvgIpc) is 2.74. The lowest BCUT2D eigenvalue weighted by Crippen LogP contribution is -2.54. The number of hydrogen-bond acceptors (Lipinski definition) is 3. The molecule has 3 nitrogen and oxygen atoms in total. The molecule has 0 N–H and O–H groups in total. The Bertz CT molecular complexity index is 640. The third kappa shape index (κ3) is 1.99. The van der Waals surface area contributed by atoms with Crippen LogP contribution in [0, 0.1) is 6.92 Å². The molecule has 1 saturated heterocycles. The molecular weight excluding hydrogens is 276 g/mol. The molecule has 0 spiro atoms. The van der Waals surface area contributed by atoms with Crippen molar-refractivity contribution >= 4 is 6.29 Å². The maximum absolute atomic E-state index is 11.4. The number of fused-ring (bicyclic) bond motifs is 2. The number of aryl methyl sites for hydroxylation is 1. The van der Waals surface area contributed by atoms with Gasteiger partial charge in [0.25, 0.3) is 0 Å². The molecule has 1 aliphatic carbocycles. The van der Waals surface area contributed by atoms with E-state index in [0.29, 0.717) is 0 Å². The minimum absolute atomic E-state index is 0.00600. The molecule has 3 heteroatoms. The first-order valence-electron chi connectivity index (χ1n) is 7.97. The molecule has 0 bridgehead atoms. The van der Waals surface area contributed by atoms with E-state index in [2.05, 4.69) is 33.8 Å². The maximum atomic E-state index is 11.4. The van der Waals surface area contributed by atoms with Crippen LogP contribution in [-0.4, -0.2) is 24.3 Å². The van der Waals surface area contributed by atoms with Gasteiger partial charge in [-0.3, -0.25) is 4.79 Å². The molecule has 1 aromatic rings. The van der Waals surface area contributed by atoms with E-state index in [4.69, 9.17) is 9.47 Å². The van der Waals surface area contributed by atoms with Gasteiger partial charge in [0.1, 0.15) is 6.29 Å². The Labute approximate surface area is 133 Å². The van der Waals surface area contributed by atoms with Crippen LogP contribution >= 0.6 is 0 Å². The number of carbonyl (C=O) groups excluding carboxylic acids is 1. The van der Waals surface area contributed by atoms with Crippen molar-refractivity contribution in [2.45, 2.75) is 77.3 Å². The van der Waals surface area contributed by atoms with Crippen LogP contribution in [-0.2, 0) is 20.3 Å². The van der Waals surface area contributed by atoms with E-state index < -0.39 is 5.79 Å². The fraction of sp³-hybridized carbons (Fsp3) is 0.632. The van der Waals surface area contributed by atoms with Crippen molar-refractivity contribution in [1.82, 2.24) is 0 Å². The van der Waals surface area contributed by atoms with E-state index in [0.717, 1.165) is 17.4 Å². The van der Waals surface area contributed by atoms with E-state index >= 15 is 0 Å². The van der Waals surface area contributed by atoms with Crippen LogP contribution in [0.1, 0.15) is 68.6 Å². The quantitative estimate of drug-likeness (QED) is 0.738. The van der Waals surface area contributed by atoms with Crippen LogP contribution in [0.25, 0.3) is 0 Å². The zero-order valence-electron chi connectivity index (χ0n) is 14.6. The summed E-state index contributed by atoms with van der Waals surface area (Å²) < 4.78 is 12.5. The zero-order chi connectivity index (χ0) is 16.5. The van der Waals surface area contributed by atoms with Gasteiger partial charge in [0.15, 0.2) is 5.79 Å². The number of rotatable bonds is 1. The highest BCUT2D eigenvalue weighted by molar-refractivity contribution is 5.78. The number of benzene rings is 1. The summed E-state index contributed by atoms with van der Waals surface area (Å²) in [6.07, 6.45) is 0.930. The Hall–Kier alpha value is -1.19. The third-order valence-electron chi connectivity index (χ3n) is 5.44. The average molecular weight is 302 g/mol. The fourth-order valence-corrected chi connectivity index (χ4v) is 4.04. The molecule has 1 heterocycles. The second kappa shape index (κ2) is 4.42. The number of aldehydes is 1. The van der Waals surface area contributed by atoms with Crippen LogP contribution in [0.2, 0.25) is 0 Å². The molecule has 2 aliphatic rings. The van der Waals surface area contributed by atoms with Crippen molar-refractivity contribution in [1.29, 1.82) is 0 Å². The molecule has 1 aliphatic heterocycles. The van der Waals surface area contributed by atoms with E-state index in [1.54, 1.807) is 0 Å². The van der Waals surface area contributed by atoms with Crippen molar-refractivity contribution in [3.05, 3.63) is 34.4 Å². The lowest BCUT2D eigenvalue weighted by Gasteiger charge is -2.48. The lowest BCUT2D eigenvalue weighted by molar-refractivity contribution is -0.153. The molecule has 0 saturated carbocycles. The van der Waals surface area contributed by atoms with Gasteiger partial charge in [0.05, 0.1) is 12.2 Å². The SMILES string of the molecule is Cc1cc2c(cc1C=O)C(C)(C)[C@@H]1OC(C)(C)OC1C2(C)C. The standard InChI is InChI=1S/C19H26O3/c1-11-8-13-14(9-12(11)10-20)18(4,5)16-15(17(13,2)3)21-19(6,7)22-16/h8-10,15-16H,1-7H3/t15?,16-/m1/s1. The fourth-order valence-electron chi connectivity index (χ4n) is 4.04. The Morgan fingerprint density at radius 2 is 1.36 bits per heavy atom.